The van der Waals surface area contributed by atoms with E-state index >= 15 is 0 Å². The van der Waals surface area contributed by atoms with E-state index in [2.05, 4.69) is 15.5 Å². The molecule has 24 heavy (non-hydrogen) atoms. The zero-order valence-electron chi connectivity index (χ0n) is 13.5. The Kier molecular flexibility index (Phi) is 5.40. The van der Waals surface area contributed by atoms with Gasteiger partial charge >= 0.3 is 0 Å². The van der Waals surface area contributed by atoms with Crippen LogP contribution in [-0.2, 0) is 9.53 Å². The number of halogens is 1. The molecule has 1 saturated heterocycles. The highest BCUT2D eigenvalue weighted by atomic mass is 35.5. The van der Waals surface area contributed by atoms with E-state index in [1.165, 1.54) is 6.21 Å². The van der Waals surface area contributed by atoms with Crippen LogP contribution in [0.3, 0.4) is 0 Å². The quantitative estimate of drug-likeness (QED) is 0.522. The smallest absolute Gasteiger partial charge is 0.254 e. The van der Waals surface area contributed by atoms with Gasteiger partial charge in [-0.2, -0.15) is 5.10 Å². The van der Waals surface area contributed by atoms with E-state index in [0.29, 0.717) is 30.5 Å². The number of nitrogens with one attached hydrogen (secondary N) is 1. The Bertz CT molecular complexity index is 773. The maximum atomic E-state index is 11.9. The van der Waals surface area contributed by atoms with Gasteiger partial charge in [-0.25, -0.2) is 10.4 Å². The lowest BCUT2D eigenvalue weighted by Gasteiger charge is -2.25. The summed E-state index contributed by atoms with van der Waals surface area (Å²) in [4.78, 5) is 18.3. The minimum Gasteiger partial charge on any atom is -0.379 e. The summed E-state index contributed by atoms with van der Waals surface area (Å²) >= 11 is 6.19. The molecule has 3 rings (SSSR count). The number of rotatable bonds is 4. The predicted molar refractivity (Wildman–Crippen MR) is 94.5 cm³/mol. The summed E-state index contributed by atoms with van der Waals surface area (Å²) in [6.07, 6.45) is 1.52. The van der Waals surface area contributed by atoms with E-state index in [4.69, 9.17) is 16.3 Å². The van der Waals surface area contributed by atoms with Gasteiger partial charge in [0.2, 0.25) is 0 Å². The normalized spacial score (nSPS) is 15.9. The summed E-state index contributed by atoms with van der Waals surface area (Å²) in [5.41, 5.74) is 5.16. The molecule has 0 aliphatic carbocycles. The average molecular weight is 347 g/mol. The van der Waals surface area contributed by atoms with Crippen molar-refractivity contribution in [2.24, 2.45) is 5.10 Å². The van der Waals surface area contributed by atoms with Crippen molar-refractivity contribution >= 4 is 34.6 Å². The minimum atomic E-state index is -0.159. The summed E-state index contributed by atoms with van der Waals surface area (Å²) in [6, 6.07) is 7.89. The molecule has 7 heteroatoms. The van der Waals surface area contributed by atoms with Crippen LogP contribution in [0.1, 0.15) is 11.1 Å². The maximum Gasteiger partial charge on any atom is 0.254 e. The van der Waals surface area contributed by atoms with Crippen molar-refractivity contribution in [2.75, 3.05) is 32.8 Å². The highest BCUT2D eigenvalue weighted by Crippen LogP contribution is 2.20. The van der Waals surface area contributed by atoms with E-state index in [1.807, 2.05) is 36.1 Å². The third-order valence-corrected chi connectivity index (χ3v) is 4.12. The van der Waals surface area contributed by atoms with E-state index in [-0.39, 0.29) is 5.91 Å². The zero-order valence-corrected chi connectivity index (χ0v) is 14.2. The van der Waals surface area contributed by atoms with Crippen LogP contribution in [0.5, 0.6) is 0 Å². The number of hydrazone groups is 1. The van der Waals surface area contributed by atoms with Crippen molar-refractivity contribution < 1.29 is 9.53 Å². The fraction of sp³-hybridized carbons (Fsp3) is 0.353. The third kappa shape index (κ3) is 4.29. The lowest BCUT2D eigenvalue weighted by Crippen LogP contribution is -2.42. The molecule has 0 bridgehead atoms. The number of carbonyl (C=O) groups is 1. The Hall–Kier alpha value is -2.02. The highest BCUT2D eigenvalue weighted by Gasteiger charge is 2.13. The fourth-order valence-corrected chi connectivity index (χ4v) is 2.73. The number of nitrogens with zero attached hydrogens (tertiary/aromatic N) is 3. The van der Waals surface area contributed by atoms with Crippen molar-refractivity contribution in [3.63, 3.8) is 0 Å². The SMILES string of the molecule is Cc1ccc2cc(C=NNC(=O)CN3CCOCC3)c(Cl)nc2c1. The van der Waals surface area contributed by atoms with Gasteiger partial charge in [-0.3, -0.25) is 9.69 Å². The molecule has 1 aliphatic heterocycles. The van der Waals surface area contributed by atoms with Gasteiger partial charge in [0.15, 0.2) is 0 Å². The van der Waals surface area contributed by atoms with Crippen LogP contribution in [0.25, 0.3) is 10.9 Å². The van der Waals surface area contributed by atoms with E-state index in [9.17, 15) is 4.79 Å². The molecule has 1 aromatic carbocycles. The summed E-state index contributed by atoms with van der Waals surface area (Å²) in [6.45, 7) is 5.16. The van der Waals surface area contributed by atoms with Gasteiger partial charge < -0.3 is 4.74 Å². The van der Waals surface area contributed by atoms with Gasteiger partial charge in [-0.05, 0) is 24.6 Å². The molecule has 0 radical (unpaired) electrons. The van der Waals surface area contributed by atoms with Crippen LogP contribution in [-0.4, -0.2) is 54.9 Å². The number of aryl methyl sites for hydroxylation is 1. The molecule has 1 aromatic heterocycles. The molecule has 126 valence electrons. The molecule has 1 amide bonds. The van der Waals surface area contributed by atoms with Gasteiger partial charge in [-0.15, -0.1) is 0 Å². The molecular weight excluding hydrogens is 328 g/mol. The number of benzene rings is 1. The fourth-order valence-electron chi connectivity index (χ4n) is 2.53. The molecule has 6 nitrogen and oxygen atoms in total. The summed E-state index contributed by atoms with van der Waals surface area (Å²) in [5.74, 6) is -0.159. The number of carbonyl (C=O) groups excluding carboxylic acids is 1. The lowest BCUT2D eigenvalue weighted by atomic mass is 10.1. The standard InChI is InChI=1S/C17H19ClN4O2/c1-12-2-3-13-9-14(17(18)20-15(13)8-12)10-19-21-16(23)11-22-4-6-24-7-5-22/h2-3,8-10H,4-7,11H2,1H3,(H,21,23). The minimum absolute atomic E-state index is 0.159. The van der Waals surface area contributed by atoms with Gasteiger partial charge in [0.25, 0.3) is 5.91 Å². The molecule has 0 spiro atoms. The van der Waals surface area contributed by atoms with Gasteiger partial charge in [0, 0.05) is 24.0 Å². The monoisotopic (exact) mass is 346 g/mol. The molecular formula is C17H19ClN4O2. The van der Waals surface area contributed by atoms with Crippen molar-refractivity contribution in [2.45, 2.75) is 6.92 Å². The van der Waals surface area contributed by atoms with Crippen LogP contribution in [0.2, 0.25) is 5.15 Å². The number of ether oxygens (including phenoxy) is 1. The van der Waals surface area contributed by atoms with Crippen LogP contribution in [0.4, 0.5) is 0 Å². The second-order valence-electron chi connectivity index (χ2n) is 5.75. The molecule has 2 heterocycles. The summed E-state index contributed by atoms with van der Waals surface area (Å²) < 4.78 is 5.25. The van der Waals surface area contributed by atoms with Crippen LogP contribution in [0.15, 0.2) is 29.4 Å². The molecule has 0 unspecified atom stereocenters. The number of morpholine rings is 1. The van der Waals surface area contributed by atoms with Crippen LogP contribution < -0.4 is 5.43 Å². The topological polar surface area (TPSA) is 66.8 Å². The summed E-state index contributed by atoms with van der Waals surface area (Å²) in [7, 11) is 0. The number of hydrogen-bond acceptors (Lipinski definition) is 5. The number of aromatic nitrogens is 1. The number of hydrogen-bond donors (Lipinski definition) is 1. The maximum absolute atomic E-state index is 11.9. The molecule has 1 aliphatic rings. The Balaban J connectivity index is 1.63. The lowest BCUT2D eigenvalue weighted by molar-refractivity contribution is -0.123. The van der Waals surface area contributed by atoms with Crippen molar-refractivity contribution in [1.29, 1.82) is 0 Å². The predicted octanol–water partition coefficient (Wildman–Crippen LogP) is 1.98. The van der Waals surface area contributed by atoms with Gasteiger partial charge in [0.05, 0.1) is 31.5 Å². The van der Waals surface area contributed by atoms with E-state index in [1.54, 1.807) is 0 Å². The molecule has 0 saturated carbocycles. The molecule has 1 N–H and O–H groups in total. The zero-order chi connectivity index (χ0) is 16.9. The van der Waals surface area contributed by atoms with E-state index < -0.39 is 0 Å². The molecule has 2 aromatic rings. The highest BCUT2D eigenvalue weighted by molar-refractivity contribution is 6.32. The van der Waals surface area contributed by atoms with Gasteiger partial charge in [-0.1, -0.05) is 23.7 Å². The Morgan fingerprint density at radius 2 is 2.21 bits per heavy atom. The van der Waals surface area contributed by atoms with E-state index in [0.717, 1.165) is 29.6 Å². The van der Waals surface area contributed by atoms with Crippen molar-refractivity contribution in [3.05, 3.63) is 40.5 Å². The number of fused-ring (bicyclic) bond motifs is 1. The number of pyridine rings is 1. The van der Waals surface area contributed by atoms with Gasteiger partial charge in [0.1, 0.15) is 5.15 Å². The first-order chi connectivity index (χ1) is 11.6. The first-order valence-corrected chi connectivity index (χ1v) is 8.18. The van der Waals surface area contributed by atoms with Crippen LogP contribution in [0, 0.1) is 6.92 Å². The van der Waals surface area contributed by atoms with Crippen molar-refractivity contribution in [1.82, 2.24) is 15.3 Å². The Morgan fingerprint density at radius 1 is 1.42 bits per heavy atom. The first-order valence-electron chi connectivity index (χ1n) is 7.81. The Morgan fingerprint density at radius 3 is 3.00 bits per heavy atom. The molecule has 1 fully saturated rings. The van der Waals surface area contributed by atoms with Crippen LogP contribution >= 0.6 is 11.6 Å². The second kappa shape index (κ2) is 7.70. The third-order valence-electron chi connectivity index (χ3n) is 3.82. The Labute approximate surface area is 145 Å². The average Bonchev–Trinajstić information content (AvgIpc) is 2.56. The first kappa shape index (κ1) is 16.8. The second-order valence-corrected chi connectivity index (χ2v) is 6.10. The number of amides is 1. The van der Waals surface area contributed by atoms with Crippen molar-refractivity contribution in [3.8, 4) is 0 Å². The largest absolute Gasteiger partial charge is 0.379 e. The molecule has 0 atom stereocenters. The summed E-state index contributed by atoms with van der Waals surface area (Å²) in [5, 5.41) is 5.32.